The van der Waals surface area contributed by atoms with Crippen LogP contribution >= 0.6 is 0 Å². The Morgan fingerprint density at radius 1 is 0.388 bits per heavy atom. The molecule has 9 heteroatoms. The number of unbranched alkanes of at least 4 members (excludes halogenated alkanes) is 40. The number of carboxylic acid groups (broad SMARTS) is 1. The Morgan fingerprint density at radius 3 is 0.955 bits per heavy atom. The lowest BCUT2D eigenvalue weighted by Gasteiger charge is -2.26. The summed E-state index contributed by atoms with van der Waals surface area (Å²) in [5, 5.41) is 11.7. The van der Waals surface area contributed by atoms with Crippen LogP contribution in [0, 0.1) is 0 Å². The molecule has 67 heavy (non-hydrogen) atoms. The van der Waals surface area contributed by atoms with E-state index in [0.717, 1.165) is 38.5 Å². The molecule has 0 rings (SSSR count). The molecule has 2 unspecified atom stereocenters. The van der Waals surface area contributed by atoms with Gasteiger partial charge in [0.05, 0.1) is 40.3 Å². The van der Waals surface area contributed by atoms with Gasteiger partial charge in [-0.25, -0.2) is 0 Å². The highest BCUT2D eigenvalue weighted by atomic mass is 16.7. The van der Waals surface area contributed by atoms with Crippen molar-refractivity contribution < 1.29 is 42.9 Å². The Labute approximate surface area is 415 Å². The van der Waals surface area contributed by atoms with E-state index in [1.807, 2.05) is 21.1 Å². The third-order valence-electron chi connectivity index (χ3n) is 13.4. The van der Waals surface area contributed by atoms with Gasteiger partial charge in [0.2, 0.25) is 0 Å². The van der Waals surface area contributed by atoms with Gasteiger partial charge in [0.1, 0.15) is 13.2 Å². The van der Waals surface area contributed by atoms with E-state index in [-0.39, 0.29) is 32.2 Å². The lowest BCUT2D eigenvalue weighted by molar-refractivity contribution is -0.870. The summed E-state index contributed by atoms with van der Waals surface area (Å²) in [6.07, 6.45) is 53.1. The average Bonchev–Trinajstić information content (AvgIpc) is 3.29. The Kier molecular flexibility index (Phi) is 49.4. The van der Waals surface area contributed by atoms with Gasteiger partial charge in [0, 0.05) is 12.8 Å². The van der Waals surface area contributed by atoms with Crippen molar-refractivity contribution in [1.29, 1.82) is 0 Å². The number of likely N-dealkylation sites (N-methyl/N-ethyl adjacent to an activating group) is 1. The normalized spacial score (nSPS) is 12.7. The molecule has 0 amide bonds. The molecule has 9 nitrogen and oxygen atoms in total. The van der Waals surface area contributed by atoms with Crippen LogP contribution in [-0.2, 0) is 33.3 Å². The molecule has 398 valence electrons. The van der Waals surface area contributed by atoms with E-state index in [1.54, 1.807) is 0 Å². The number of aliphatic carboxylic acids is 1. The lowest BCUT2D eigenvalue weighted by atomic mass is 10.0. The van der Waals surface area contributed by atoms with Gasteiger partial charge in [-0.15, -0.1) is 0 Å². The molecule has 0 heterocycles. The minimum absolute atomic E-state index is 0.153. The van der Waals surface area contributed by atoms with Crippen molar-refractivity contribution in [2.75, 3.05) is 47.5 Å². The third-order valence-corrected chi connectivity index (χ3v) is 13.4. The summed E-state index contributed by atoms with van der Waals surface area (Å²) in [6.45, 7) is 4.80. The first-order valence-electron chi connectivity index (χ1n) is 29.2. The summed E-state index contributed by atoms with van der Waals surface area (Å²) in [7, 11) is 5.93. The van der Waals surface area contributed by atoms with Gasteiger partial charge in [-0.3, -0.25) is 9.59 Å². The van der Waals surface area contributed by atoms with Gasteiger partial charge in [-0.2, -0.15) is 0 Å². The molecular formula is C58H113NO8. The molecule has 0 spiro atoms. The van der Waals surface area contributed by atoms with Gasteiger partial charge in [-0.1, -0.05) is 271 Å². The second kappa shape index (κ2) is 50.7. The molecule has 0 aromatic heterocycles. The van der Waals surface area contributed by atoms with E-state index in [1.165, 1.54) is 231 Å². The second-order valence-electron chi connectivity index (χ2n) is 21.3. The maximum absolute atomic E-state index is 12.8. The fourth-order valence-corrected chi connectivity index (χ4v) is 8.83. The number of quaternary nitrogens is 1. The molecular weight excluding hydrogens is 839 g/mol. The number of hydrogen-bond acceptors (Lipinski definition) is 8. The van der Waals surface area contributed by atoms with Crippen molar-refractivity contribution in [3.8, 4) is 0 Å². The van der Waals surface area contributed by atoms with Crippen molar-refractivity contribution in [3.63, 3.8) is 0 Å². The number of ether oxygens (including phenoxy) is 4. The fourth-order valence-electron chi connectivity index (χ4n) is 8.83. The van der Waals surface area contributed by atoms with Crippen LogP contribution in [0.1, 0.15) is 296 Å². The predicted molar refractivity (Wildman–Crippen MR) is 279 cm³/mol. The molecule has 0 aromatic rings. The molecule has 0 saturated heterocycles. The van der Waals surface area contributed by atoms with Crippen molar-refractivity contribution in [3.05, 3.63) is 0 Å². The van der Waals surface area contributed by atoms with Crippen molar-refractivity contribution in [2.24, 2.45) is 0 Å². The van der Waals surface area contributed by atoms with Crippen LogP contribution in [0.5, 0.6) is 0 Å². The van der Waals surface area contributed by atoms with E-state index in [9.17, 15) is 19.5 Å². The van der Waals surface area contributed by atoms with Crippen molar-refractivity contribution >= 4 is 17.9 Å². The predicted octanol–water partition coefficient (Wildman–Crippen LogP) is 15.5. The minimum atomic E-state index is -1.61. The van der Waals surface area contributed by atoms with Gasteiger partial charge >= 0.3 is 11.9 Å². The number of carbonyl (C=O) groups is 3. The first-order chi connectivity index (χ1) is 32.6. The number of nitrogens with zero attached hydrogens (tertiary/aromatic N) is 1. The highest BCUT2D eigenvalue weighted by Gasteiger charge is 2.22. The molecule has 0 aromatic carbocycles. The van der Waals surface area contributed by atoms with Crippen LogP contribution in [0.25, 0.3) is 0 Å². The monoisotopic (exact) mass is 952 g/mol. The Balaban J connectivity index is 4.07. The minimum Gasteiger partial charge on any atom is -0.545 e. The fraction of sp³-hybridized carbons (Fsp3) is 0.948. The Morgan fingerprint density at radius 2 is 0.672 bits per heavy atom. The SMILES string of the molecule is CCCCCCCCCCCCCCCCCCCCCCCCCCCCCCCC(=O)OC(COC(=O)CCCCCCCCCCCCCCC)COC(OCC[N+](C)(C)C)C(=O)[O-]. The molecule has 0 saturated carbocycles. The van der Waals surface area contributed by atoms with E-state index in [4.69, 9.17) is 18.9 Å². The molecule has 0 fully saturated rings. The van der Waals surface area contributed by atoms with Crippen LogP contribution < -0.4 is 5.11 Å². The van der Waals surface area contributed by atoms with Crippen LogP contribution in [0.3, 0.4) is 0 Å². The summed E-state index contributed by atoms with van der Waals surface area (Å²) in [4.78, 5) is 37.2. The Bertz CT molecular complexity index is 1060. The molecule has 0 bridgehead atoms. The zero-order chi connectivity index (χ0) is 49.2. The standard InChI is InChI=1S/C58H113NO8/c1-6-8-10-12-14-16-18-20-21-22-23-24-25-26-27-28-29-30-31-32-33-34-35-37-39-41-43-45-47-49-56(61)67-54(53-66-58(57(62)63)64-51-50-59(3,4)5)52-65-55(60)48-46-44-42-40-38-36-19-17-15-13-11-9-7-2/h54,58H,6-53H2,1-5H3. The van der Waals surface area contributed by atoms with Gasteiger partial charge in [0.25, 0.3) is 0 Å². The topological polar surface area (TPSA) is 111 Å². The summed E-state index contributed by atoms with van der Waals surface area (Å²) in [5.74, 6) is -2.25. The largest absolute Gasteiger partial charge is 0.545 e. The molecule has 0 radical (unpaired) electrons. The van der Waals surface area contributed by atoms with Crippen LogP contribution in [0.4, 0.5) is 0 Å². The maximum atomic E-state index is 12.8. The average molecular weight is 953 g/mol. The summed E-state index contributed by atoms with van der Waals surface area (Å²) in [6, 6.07) is 0. The smallest absolute Gasteiger partial charge is 0.306 e. The van der Waals surface area contributed by atoms with Crippen LogP contribution in [0.2, 0.25) is 0 Å². The molecule has 0 aliphatic rings. The first-order valence-corrected chi connectivity index (χ1v) is 29.2. The zero-order valence-corrected chi connectivity index (χ0v) is 45.3. The number of esters is 2. The third kappa shape index (κ3) is 52.0. The number of carboxylic acids is 1. The van der Waals surface area contributed by atoms with Gasteiger partial charge < -0.3 is 33.3 Å². The summed E-state index contributed by atoms with van der Waals surface area (Å²) >= 11 is 0. The molecule has 0 N–H and O–H groups in total. The van der Waals surface area contributed by atoms with Gasteiger partial charge in [0.15, 0.2) is 12.4 Å². The maximum Gasteiger partial charge on any atom is 0.306 e. The molecule has 2 atom stereocenters. The van der Waals surface area contributed by atoms with E-state index in [0.29, 0.717) is 17.4 Å². The van der Waals surface area contributed by atoms with Crippen molar-refractivity contribution in [1.82, 2.24) is 0 Å². The number of carbonyl (C=O) groups excluding carboxylic acids is 3. The molecule has 0 aliphatic carbocycles. The van der Waals surface area contributed by atoms with Crippen LogP contribution in [-0.4, -0.2) is 82.3 Å². The second-order valence-corrected chi connectivity index (χ2v) is 21.3. The highest BCUT2D eigenvalue weighted by molar-refractivity contribution is 5.70. The summed E-state index contributed by atoms with van der Waals surface area (Å²) in [5.41, 5.74) is 0. The van der Waals surface area contributed by atoms with Crippen LogP contribution in [0.15, 0.2) is 0 Å². The first kappa shape index (κ1) is 65.3. The quantitative estimate of drug-likeness (QED) is 0.0256. The lowest BCUT2D eigenvalue weighted by Crippen LogP contribution is -2.44. The number of hydrogen-bond donors (Lipinski definition) is 0. The summed E-state index contributed by atoms with van der Waals surface area (Å²) < 4.78 is 22.7. The zero-order valence-electron chi connectivity index (χ0n) is 45.3. The molecule has 0 aliphatic heterocycles. The van der Waals surface area contributed by atoms with Crippen molar-refractivity contribution in [2.45, 2.75) is 309 Å². The van der Waals surface area contributed by atoms with E-state index < -0.39 is 24.3 Å². The number of rotatable bonds is 55. The van der Waals surface area contributed by atoms with Gasteiger partial charge in [-0.05, 0) is 12.8 Å². The van der Waals surface area contributed by atoms with E-state index in [2.05, 4.69) is 13.8 Å². The van der Waals surface area contributed by atoms with E-state index >= 15 is 0 Å². The Hall–Kier alpha value is -1.71. The highest BCUT2D eigenvalue weighted by Crippen LogP contribution is 2.18.